The van der Waals surface area contributed by atoms with Crippen LogP contribution < -0.4 is 10.1 Å². The van der Waals surface area contributed by atoms with E-state index in [1.54, 1.807) is 13.2 Å². The molecule has 19 heavy (non-hydrogen) atoms. The number of aryl methyl sites for hydroxylation is 1. The predicted molar refractivity (Wildman–Crippen MR) is 79.2 cm³/mol. The van der Waals surface area contributed by atoms with Gasteiger partial charge >= 0.3 is 0 Å². The van der Waals surface area contributed by atoms with Crippen LogP contribution in [0.1, 0.15) is 11.1 Å². The molecule has 2 rings (SSSR count). The molecule has 0 aliphatic rings. The zero-order valence-corrected chi connectivity index (χ0v) is 12.4. The maximum absolute atomic E-state index is 13.1. The summed E-state index contributed by atoms with van der Waals surface area (Å²) in [5.74, 6) is 0.544. The highest BCUT2D eigenvalue weighted by Crippen LogP contribution is 2.32. The molecule has 1 N–H and O–H groups in total. The highest BCUT2D eigenvalue weighted by molar-refractivity contribution is 9.10. The molecule has 0 heterocycles. The van der Waals surface area contributed by atoms with Crippen LogP contribution in [0.4, 0.5) is 10.1 Å². The first-order valence-corrected chi connectivity index (χ1v) is 6.72. The number of benzene rings is 2. The predicted octanol–water partition coefficient (Wildman–Crippen LogP) is 4.52. The lowest BCUT2D eigenvalue weighted by Crippen LogP contribution is -2.03. The molecule has 0 aliphatic carbocycles. The van der Waals surface area contributed by atoms with E-state index in [9.17, 15) is 4.39 Å². The van der Waals surface area contributed by atoms with Crippen molar-refractivity contribution in [3.63, 3.8) is 0 Å². The lowest BCUT2D eigenvalue weighted by molar-refractivity contribution is 0.416. The van der Waals surface area contributed by atoms with Crippen molar-refractivity contribution in [2.24, 2.45) is 0 Å². The quantitative estimate of drug-likeness (QED) is 0.893. The highest BCUT2D eigenvalue weighted by atomic mass is 79.9. The summed E-state index contributed by atoms with van der Waals surface area (Å²) in [5.41, 5.74) is 2.89. The molecule has 2 nitrogen and oxygen atoms in total. The van der Waals surface area contributed by atoms with Crippen molar-refractivity contribution in [2.75, 3.05) is 12.4 Å². The third-order valence-corrected chi connectivity index (χ3v) is 3.30. The first kappa shape index (κ1) is 13.9. The monoisotopic (exact) mass is 323 g/mol. The molecule has 0 spiro atoms. The molecule has 0 aromatic heterocycles. The van der Waals surface area contributed by atoms with E-state index >= 15 is 0 Å². The Balaban J connectivity index is 2.19. The fourth-order valence-electron chi connectivity index (χ4n) is 1.94. The van der Waals surface area contributed by atoms with E-state index < -0.39 is 0 Å². The van der Waals surface area contributed by atoms with Crippen LogP contribution in [-0.2, 0) is 6.54 Å². The lowest BCUT2D eigenvalue weighted by Gasteiger charge is -2.14. The van der Waals surface area contributed by atoms with Gasteiger partial charge in [-0.2, -0.15) is 0 Å². The Morgan fingerprint density at radius 3 is 2.74 bits per heavy atom. The topological polar surface area (TPSA) is 21.3 Å². The van der Waals surface area contributed by atoms with Gasteiger partial charge in [0.15, 0.2) is 0 Å². The highest BCUT2D eigenvalue weighted by Gasteiger charge is 2.08. The van der Waals surface area contributed by atoms with Gasteiger partial charge in [-0.1, -0.05) is 28.1 Å². The van der Waals surface area contributed by atoms with Crippen LogP contribution >= 0.6 is 15.9 Å². The zero-order valence-electron chi connectivity index (χ0n) is 10.8. The summed E-state index contributed by atoms with van der Waals surface area (Å²) >= 11 is 3.44. The van der Waals surface area contributed by atoms with Crippen molar-refractivity contribution in [1.82, 2.24) is 0 Å². The normalized spacial score (nSPS) is 10.3. The second-order valence-corrected chi connectivity index (χ2v) is 5.20. The van der Waals surface area contributed by atoms with E-state index in [4.69, 9.17) is 4.74 Å². The average Bonchev–Trinajstić information content (AvgIpc) is 2.37. The first-order chi connectivity index (χ1) is 9.10. The van der Waals surface area contributed by atoms with Crippen molar-refractivity contribution in [3.8, 4) is 5.75 Å². The summed E-state index contributed by atoms with van der Waals surface area (Å²) in [7, 11) is 1.63. The van der Waals surface area contributed by atoms with Crippen molar-refractivity contribution in [3.05, 3.63) is 57.8 Å². The van der Waals surface area contributed by atoms with Crippen molar-refractivity contribution in [2.45, 2.75) is 13.5 Å². The van der Waals surface area contributed by atoms with Gasteiger partial charge in [0.2, 0.25) is 0 Å². The molecule has 0 radical (unpaired) electrons. The number of halogens is 2. The van der Waals surface area contributed by atoms with E-state index in [1.807, 2.05) is 25.1 Å². The molecule has 2 aromatic rings. The summed E-state index contributed by atoms with van der Waals surface area (Å²) in [6.45, 7) is 2.55. The number of ether oxygens (including phenoxy) is 1. The molecule has 0 saturated heterocycles. The second-order valence-electron chi connectivity index (χ2n) is 4.28. The van der Waals surface area contributed by atoms with Crippen LogP contribution in [0.15, 0.2) is 40.9 Å². The fraction of sp³-hybridized carbons (Fsp3) is 0.200. The van der Waals surface area contributed by atoms with E-state index in [0.29, 0.717) is 6.54 Å². The fourth-order valence-corrected chi connectivity index (χ4v) is 2.49. The third kappa shape index (κ3) is 3.47. The minimum absolute atomic E-state index is 0.223. The van der Waals surface area contributed by atoms with Gasteiger partial charge < -0.3 is 10.1 Å². The Hall–Kier alpha value is -1.55. The molecule has 100 valence electrons. The van der Waals surface area contributed by atoms with Crippen LogP contribution in [0.25, 0.3) is 0 Å². The van der Waals surface area contributed by atoms with Crippen molar-refractivity contribution >= 4 is 21.6 Å². The van der Waals surface area contributed by atoms with Crippen molar-refractivity contribution < 1.29 is 9.13 Å². The van der Waals surface area contributed by atoms with E-state index in [-0.39, 0.29) is 5.82 Å². The molecule has 0 atom stereocenters. The van der Waals surface area contributed by atoms with Crippen LogP contribution in [0, 0.1) is 12.7 Å². The molecule has 0 aliphatic heterocycles. The van der Waals surface area contributed by atoms with Crippen LogP contribution in [-0.4, -0.2) is 7.11 Å². The van der Waals surface area contributed by atoms with Crippen LogP contribution in [0.2, 0.25) is 0 Å². The summed E-state index contributed by atoms with van der Waals surface area (Å²) < 4.78 is 19.4. The summed E-state index contributed by atoms with van der Waals surface area (Å²) in [6, 6.07) is 10.5. The Kier molecular flexibility index (Phi) is 4.43. The SMILES string of the molecule is COc1cc(Br)cc(C)c1NCc1cccc(F)c1. The largest absolute Gasteiger partial charge is 0.495 e. The number of nitrogens with one attached hydrogen (secondary N) is 1. The van der Waals surface area contributed by atoms with Gasteiger partial charge in [-0.05, 0) is 42.3 Å². The molecule has 0 fully saturated rings. The van der Waals surface area contributed by atoms with Gasteiger partial charge in [-0.3, -0.25) is 0 Å². The second kappa shape index (κ2) is 6.06. The number of rotatable bonds is 4. The van der Waals surface area contributed by atoms with Gasteiger partial charge in [0, 0.05) is 11.0 Å². The summed E-state index contributed by atoms with van der Waals surface area (Å²) in [4.78, 5) is 0. The average molecular weight is 324 g/mol. The minimum Gasteiger partial charge on any atom is -0.495 e. The van der Waals surface area contributed by atoms with E-state index in [0.717, 1.165) is 27.0 Å². The van der Waals surface area contributed by atoms with Gasteiger partial charge in [-0.15, -0.1) is 0 Å². The van der Waals surface area contributed by atoms with Gasteiger partial charge in [-0.25, -0.2) is 4.39 Å². The maximum Gasteiger partial charge on any atom is 0.143 e. The van der Waals surface area contributed by atoms with Crippen LogP contribution in [0.3, 0.4) is 0 Å². The molecule has 0 saturated carbocycles. The number of methoxy groups -OCH3 is 1. The van der Waals surface area contributed by atoms with E-state index in [2.05, 4.69) is 21.2 Å². The van der Waals surface area contributed by atoms with E-state index in [1.165, 1.54) is 12.1 Å². The molecule has 4 heteroatoms. The smallest absolute Gasteiger partial charge is 0.143 e. The minimum atomic E-state index is -0.223. The standard InChI is InChI=1S/C15H15BrFNO/c1-10-6-12(16)8-14(19-2)15(10)18-9-11-4-3-5-13(17)7-11/h3-8,18H,9H2,1-2H3. The van der Waals surface area contributed by atoms with Crippen LogP contribution in [0.5, 0.6) is 5.75 Å². The molecular weight excluding hydrogens is 309 g/mol. The maximum atomic E-state index is 13.1. The van der Waals surface area contributed by atoms with Crippen molar-refractivity contribution in [1.29, 1.82) is 0 Å². The van der Waals surface area contributed by atoms with Gasteiger partial charge in [0.25, 0.3) is 0 Å². The molecule has 0 amide bonds. The Bertz CT molecular complexity index is 586. The first-order valence-electron chi connectivity index (χ1n) is 5.92. The Morgan fingerprint density at radius 2 is 2.05 bits per heavy atom. The number of anilines is 1. The number of hydrogen-bond donors (Lipinski definition) is 1. The summed E-state index contributed by atoms with van der Waals surface area (Å²) in [6.07, 6.45) is 0. The van der Waals surface area contributed by atoms with Gasteiger partial charge in [0.1, 0.15) is 11.6 Å². The number of hydrogen-bond acceptors (Lipinski definition) is 2. The lowest BCUT2D eigenvalue weighted by atomic mass is 10.1. The Labute approximate surface area is 120 Å². The molecule has 0 bridgehead atoms. The third-order valence-electron chi connectivity index (χ3n) is 2.84. The molecule has 0 unspecified atom stereocenters. The molecule has 2 aromatic carbocycles. The van der Waals surface area contributed by atoms with Gasteiger partial charge in [0.05, 0.1) is 12.8 Å². The molecular formula is C15H15BrFNO. The zero-order chi connectivity index (χ0) is 13.8. The Morgan fingerprint density at radius 1 is 1.26 bits per heavy atom. The summed E-state index contributed by atoms with van der Waals surface area (Å²) in [5, 5.41) is 3.29.